The van der Waals surface area contributed by atoms with Gasteiger partial charge in [-0.2, -0.15) is 10.1 Å². The Hall–Kier alpha value is -3.72. The Morgan fingerprint density at radius 3 is 2.59 bits per heavy atom. The molecule has 1 aromatic carbocycles. The summed E-state index contributed by atoms with van der Waals surface area (Å²) in [5, 5.41) is 26.4. The molecule has 9 nitrogen and oxygen atoms in total. The van der Waals surface area contributed by atoms with Gasteiger partial charge in [-0.1, -0.05) is 6.07 Å². The first-order valence-corrected chi connectivity index (χ1v) is 13.0. The molecule has 4 fully saturated rings. The lowest BCUT2D eigenvalue weighted by atomic mass is 9.52. The summed E-state index contributed by atoms with van der Waals surface area (Å²) in [4.78, 5) is 14.2. The second-order valence-corrected chi connectivity index (χ2v) is 11.2. The van der Waals surface area contributed by atoms with Crippen molar-refractivity contribution in [1.82, 2.24) is 25.1 Å². The summed E-state index contributed by atoms with van der Waals surface area (Å²) >= 11 is 0. The van der Waals surface area contributed by atoms with Gasteiger partial charge >= 0.3 is 0 Å². The normalized spacial score (nSPS) is 28.0. The number of nitrogens with zero attached hydrogens (tertiary/aromatic N) is 4. The van der Waals surface area contributed by atoms with E-state index in [0.29, 0.717) is 41.1 Å². The van der Waals surface area contributed by atoms with Gasteiger partial charge < -0.3 is 20.5 Å². The van der Waals surface area contributed by atoms with Gasteiger partial charge in [0.2, 0.25) is 5.95 Å². The molecule has 4 saturated carbocycles. The predicted molar refractivity (Wildman–Crippen MR) is 142 cm³/mol. The number of aromatic amines is 1. The third-order valence-electron chi connectivity index (χ3n) is 8.47. The smallest absolute Gasteiger partial charge is 0.225 e. The van der Waals surface area contributed by atoms with Crippen molar-refractivity contribution in [3.63, 3.8) is 0 Å². The van der Waals surface area contributed by atoms with Crippen molar-refractivity contribution in [2.24, 2.45) is 17.8 Å². The number of nitrogens with one attached hydrogen (secondary N) is 3. The number of methoxy groups -OCH3 is 1. The number of hydrogen-bond donors (Lipinski definition) is 4. The molecule has 4 aromatic rings. The number of benzene rings is 1. The van der Waals surface area contributed by atoms with Gasteiger partial charge in [0.1, 0.15) is 11.6 Å². The van der Waals surface area contributed by atoms with Crippen LogP contribution < -0.4 is 15.4 Å². The van der Waals surface area contributed by atoms with Crippen LogP contribution in [0.15, 0.2) is 42.7 Å². The highest BCUT2D eigenvalue weighted by atomic mass is 16.5. The van der Waals surface area contributed by atoms with Crippen LogP contribution >= 0.6 is 0 Å². The average Bonchev–Trinajstić information content (AvgIpc) is 3.29. The molecule has 190 valence electrons. The molecule has 9 heteroatoms. The van der Waals surface area contributed by atoms with E-state index in [1.807, 2.05) is 31.3 Å². The van der Waals surface area contributed by atoms with Gasteiger partial charge in [0.25, 0.3) is 0 Å². The molecule has 4 aliphatic carbocycles. The SMILES string of the molecule is COc1cncc(-c2ccc3c(Nc4cc(C)[nH]n4)nc(NC4C5CC6CC4CC(O)(C6)C5)nc3c2)c1. The lowest BCUT2D eigenvalue weighted by Gasteiger charge is -2.58. The number of aromatic nitrogens is 5. The van der Waals surface area contributed by atoms with Crippen LogP contribution in [-0.2, 0) is 0 Å². The molecule has 37 heavy (non-hydrogen) atoms. The Labute approximate surface area is 215 Å². The van der Waals surface area contributed by atoms with Crippen molar-refractivity contribution in [2.45, 2.75) is 50.7 Å². The van der Waals surface area contributed by atoms with Crippen LogP contribution in [0.2, 0.25) is 0 Å². The Balaban J connectivity index is 1.28. The molecule has 8 rings (SSSR count). The first-order valence-electron chi connectivity index (χ1n) is 13.0. The van der Waals surface area contributed by atoms with Gasteiger partial charge in [-0.3, -0.25) is 10.1 Å². The highest BCUT2D eigenvalue weighted by molar-refractivity contribution is 5.94. The molecular weight excluding hydrogens is 466 g/mol. The number of aryl methyl sites for hydroxylation is 1. The number of rotatable bonds is 6. The van der Waals surface area contributed by atoms with Crippen molar-refractivity contribution in [2.75, 3.05) is 17.7 Å². The summed E-state index contributed by atoms with van der Waals surface area (Å²) in [6.07, 6.45) is 8.59. The second-order valence-electron chi connectivity index (χ2n) is 11.2. The average molecular weight is 498 g/mol. The standard InChI is InChI=1S/C28H31N7O2/c1-15-5-24(35-34-15)31-26-22-4-3-17(20-8-21(37-2)14-29-13-20)9-23(22)30-27(33-26)32-25-18-6-16-7-19(25)12-28(36,10-16)11-18/h3-5,8-9,13-14,16,18-19,25,36H,6-7,10-12H2,1-2H3,(H3,30,31,32,33,34,35). The molecule has 0 aliphatic heterocycles. The van der Waals surface area contributed by atoms with Gasteiger partial charge in [0, 0.05) is 34.9 Å². The zero-order valence-electron chi connectivity index (χ0n) is 21.0. The minimum absolute atomic E-state index is 0.278. The molecule has 2 unspecified atom stereocenters. The van der Waals surface area contributed by atoms with Crippen LogP contribution in [0.3, 0.4) is 0 Å². The van der Waals surface area contributed by atoms with E-state index < -0.39 is 5.60 Å². The third kappa shape index (κ3) is 4.07. The number of fused-ring (bicyclic) bond motifs is 1. The highest BCUT2D eigenvalue weighted by Gasteiger charge is 2.54. The van der Waals surface area contributed by atoms with E-state index in [2.05, 4.69) is 37.9 Å². The highest BCUT2D eigenvalue weighted by Crippen LogP contribution is 2.56. The minimum atomic E-state index is -0.469. The van der Waals surface area contributed by atoms with Crippen LogP contribution in [-0.4, -0.2) is 49.0 Å². The van der Waals surface area contributed by atoms with Gasteiger partial charge in [-0.25, -0.2) is 4.98 Å². The molecule has 4 bridgehead atoms. The Bertz CT molecular complexity index is 1470. The lowest BCUT2D eigenvalue weighted by molar-refractivity contribution is -0.129. The molecule has 4 aliphatic rings. The van der Waals surface area contributed by atoms with Gasteiger partial charge in [0.15, 0.2) is 5.82 Å². The van der Waals surface area contributed by atoms with E-state index in [1.54, 1.807) is 13.3 Å². The molecule has 2 atom stereocenters. The maximum atomic E-state index is 11.0. The molecule has 0 spiro atoms. The van der Waals surface area contributed by atoms with Crippen molar-refractivity contribution in [3.8, 4) is 16.9 Å². The molecule has 0 radical (unpaired) electrons. The zero-order valence-corrected chi connectivity index (χ0v) is 21.0. The Morgan fingerprint density at radius 2 is 1.86 bits per heavy atom. The minimum Gasteiger partial charge on any atom is -0.495 e. The fraction of sp³-hybridized carbons (Fsp3) is 0.429. The van der Waals surface area contributed by atoms with Gasteiger partial charge in [-0.15, -0.1) is 0 Å². The van der Waals surface area contributed by atoms with E-state index >= 15 is 0 Å². The van der Waals surface area contributed by atoms with E-state index in [4.69, 9.17) is 14.7 Å². The van der Waals surface area contributed by atoms with E-state index in [-0.39, 0.29) is 6.04 Å². The summed E-state index contributed by atoms with van der Waals surface area (Å²) in [7, 11) is 1.64. The van der Waals surface area contributed by atoms with E-state index in [1.165, 1.54) is 12.8 Å². The third-order valence-corrected chi connectivity index (χ3v) is 8.47. The van der Waals surface area contributed by atoms with Crippen LogP contribution in [0.1, 0.15) is 37.8 Å². The van der Waals surface area contributed by atoms with Crippen molar-refractivity contribution >= 4 is 28.5 Å². The monoisotopic (exact) mass is 497 g/mol. The largest absolute Gasteiger partial charge is 0.495 e. The molecule has 0 amide bonds. The van der Waals surface area contributed by atoms with Crippen LogP contribution in [0, 0.1) is 24.7 Å². The number of aliphatic hydroxyl groups is 1. The maximum Gasteiger partial charge on any atom is 0.225 e. The number of hydrogen-bond acceptors (Lipinski definition) is 8. The Kier molecular flexibility index (Phi) is 5.11. The summed E-state index contributed by atoms with van der Waals surface area (Å²) < 4.78 is 5.37. The van der Waals surface area contributed by atoms with E-state index in [9.17, 15) is 5.11 Å². The number of H-pyrrole nitrogens is 1. The topological polar surface area (TPSA) is 121 Å². The Morgan fingerprint density at radius 1 is 1.03 bits per heavy atom. The summed E-state index contributed by atoms with van der Waals surface area (Å²) in [6.45, 7) is 1.97. The number of pyridine rings is 1. The van der Waals surface area contributed by atoms with E-state index in [0.717, 1.165) is 47.0 Å². The van der Waals surface area contributed by atoms with Crippen molar-refractivity contribution < 1.29 is 9.84 Å². The molecule has 4 N–H and O–H groups in total. The maximum absolute atomic E-state index is 11.0. The number of ether oxygens (including phenoxy) is 1. The predicted octanol–water partition coefficient (Wildman–Crippen LogP) is 4.83. The number of anilines is 3. The lowest BCUT2D eigenvalue weighted by Crippen LogP contribution is -2.59. The summed E-state index contributed by atoms with van der Waals surface area (Å²) in [5.74, 6) is 4.29. The van der Waals surface area contributed by atoms with Crippen LogP contribution in [0.5, 0.6) is 5.75 Å². The first-order chi connectivity index (χ1) is 17.9. The van der Waals surface area contributed by atoms with Crippen molar-refractivity contribution in [1.29, 1.82) is 0 Å². The van der Waals surface area contributed by atoms with Crippen LogP contribution in [0.4, 0.5) is 17.6 Å². The molecule has 3 heterocycles. The van der Waals surface area contributed by atoms with Crippen LogP contribution in [0.25, 0.3) is 22.0 Å². The second kappa shape index (κ2) is 8.41. The summed E-state index contributed by atoms with van der Waals surface area (Å²) in [5.41, 5.74) is 3.29. The molecule has 3 aromatic heterocycles. The van der Waals surface area contributed by atoms with Gasteiger partial charge in [0.05, 0.1) is 24.4 Å². The first kappa shape index (κ1) is 22.5. The molecule has 0 saturated heterocycles. The summed E-state index contributed by atoms with van der Waals surface area (Å²) in [6, 6.07) is 10.4. The fourth-order valence-electron chi connectivity index (χ4n) is 7.13. The molecular formula is C28H31N7O2. The zero-order chi connectivity index (χ0) is 25.1. The quantitative estimate of drug-likeness (QED) is 0.299. The fourth-order valence-corrected chi connectivity index (χ4v) is 7.13. The van der Waals surface area contributed by atoms with Crippen molar-refractivity contribution in [3.05, 3.63) is 48.4 Å². The van der Waals surface area contributed by atoms with Gasteiger partial charge in [-0.05, 0) is 80.5 Å².